The predicted molar refractivity (Wildman–Crippen MR) is 81.8 cm³/mol. The Morgan fingerprint density at radius 2 is 1.94 bits per heavy atom. The van der Waals surface area contributed by atoms with Gasteiger partial charge < -0.3 is 5.32 Å². The smallest absolute Gasteiger partial charge is 0.000790 e. The molecule has 3 atom stereocenters. The van der Waals surface area contributed by atoms with E-state index in [1.54, 1.807) is 0 Å². The van der Waals surface area contributed by atoms with E-state index >= 15 is 0 Å². The first-order chi connectivity index (χ1) is 8.64. The van der Waals surface area contributed by atoms with Gasteiger partial charge in [-0.15, -0.1) is 0 Å². The molecule has 1 heteroatoms. The molecule has 0 bridgehead atoms. The summed E-state index contributed by atoms with van der Waals surface area (Å²) in [6.07, 6.45) is 12.8. The summed E-state index contributed by atoms with van der Waals surface area (Å²) in [7, 11) is 0. The standard InChI is InChI=1S/C17H33N/c1-5-7-8-9-10-11-12-16-15(3)13-17(16,4)14-18-6-2/h9-10,15-16,18H,5-8,11-14H2,1-4H3/b10-9-/t15-,16-,17-/m1/s1. The molecule has 1 aliphatic carbocycles. The molecule has 0 aromatic carbocycles. The second kappa shape index (κ2) is 7.99. The molecule has 1 N–H and O–H groups in total. The zero-order valence-corrected chi connectivity index (χ0v) is 13.0. The fourth-order valence-electron chi connectivity index (χ4n) is 3.64. The number of hydrogen-bond donors (Lipinski definition) is 1. The highest BCUT2D eigenvalue weighted by molar-refractivity contribution is 4.99. The second-order valence-corrected chi connectivity index (χ2v) is 6.41. The van der Waals surface area contributed by atoms with Gasteiger partial charge in [0.05, 0.1) is 0 Å². The molecule has 1 saturated carbocycles. The lowest BCUT2D eigenvalue weighted by molar-refractivity contribution is -0.0207. The number of allylic oxidation sites excluding steroid dienone is 2. The first-order valence-electron chi connectivity index (χ1n) is 7.99. The Morgan fingerprint density at radius 1 is 1.22 bits per heavy atom. The van der Waals surface area contributed by atoms with Crippen molar-refractivity contribution in [2.24, 2.45) is 17.3 Å². The number of rotatable bonds is 9. The highest BCUT2D eigenvalue weighted by atomic mass is 14.9. The van der Waals surface area contributed by atoms with E-state index in [2.05, 4.69) is 45.2 Å². The second-order valence-electron chi connectivity index (χ2n) is 6.41. The Labute approximate surface area is 114 Å². The van der Waals surface area contributed by atoms with Gasteiger partial charge in [0.25, 0.3) is 0 Å². The molecule has 18 heavy (non-hydrogen) atoms. The van der Waals surface area contributed by atoms with Gasteiger partial charge in [-0.25, -0.2) is 0 Å². The molecule has 1 rings (SSSR count). The van der Waals surface area contributed by atoms with Gasteiger partial charge in [-0.2, -0.15) is 0 Å². The Balaban J connectivity index is 2.24. The number of unbranched alkanes of at least 4 members (excludes halogenated alkanes) is 2. The summed E-state index contributed by atoms with van der Waals surface area (Å²) in [5.74, 6) is 1.85. The largest absolute Gasteiger partial charge is 0.316 e. The molecule has 106 valence electrons. The van der Waals surface area contributed by atoms with Crippen LogP contribution in [0.1, 0.15) is 66.2 Å². The summed E-state index contributed by atoms with van der Waals surface area (Å²) < 4.78 is 0. The summed E-state index contributed by atoms with van der Waals surface area (Å²) in [4.78, 5) is 0. The third-order valence-corrected chi connectivity index (χ3v) is 4.68. The molecule has 0 amide bonds. The van der Waals surface area contributed by atoms with E-state index in [9.17, 15) is 0 Å². The maximum Gasteiger partial charge on any atom is 0.000790 e. The summed E-state index contributed by atoms with van der Waals surface area (Å²) in [5.41, 5.74) is 0.562. The van der Waals surface area contributed by atoms with Gasteiger partial charge in [0.15, 0.2) is 0 Å². The zero-order valence-electron chi connectivity index (χ0n) is 13.0. The number of hydrogen-bond acceptors (Lipinski definition) is 1. The first-order valence-corrected chi connectivity index (χ1v) is 7.99. The molecule has 1 nitrogen and oxygen atoms in total. The average molecular weight is 251 g/mol. The molecule has 0 aromatic heterocycles. The monoisotopic (exact) mass is 251 g/mol. The quantitative estimate of drug-likeness (QED) is 0.459. The molecule has 0 heterocycles. The average Bonchev–Trinajstić information content (AvgIpc) is 2.35. The molecule has 0 radical (unpaired) electrons. The van der Waals surface area contributed by atoms with E-state index in [4.69, 9.17) is 0 Å². The van der Waals surface area contributed by atoms with Crippen LogP contribution in [0.2, 0.25) is 0 Å². The SMILES string of the molecule is CCCC/C=C\CC[C@@H]1[C@H](C)C[C@]1(C)CNCC. The highest BCUT2D eigenvalue weighted by Gasteiger charge is 2.46. The van der Waals surface area contributed by atoms with E-state index < -0.39 is 0 Å². The van der Waals surface area contributed by atoms with E-state index in [1.807, 2.05) is 0 Å². The molecular weight excluding hydrogens is 218 g/mol. The van der Waals surface area contributed by atoms with Gasteiger partial charge >= 0.3 is 0 Å². The molecule has 1 fully saturated rings. The van der Waals surface area contributed by atoms with Crippen molar-refractivity contribution < 1.29 is 0 Å². The van der Waals surface area contributed by atoms with Crippen LogP contribution >= 0.6 is 0 Å². The van der Waals surface area contributed by atoms with Crippen molar-refractivity contribution >= 4 is 0 Å². The van der Waals surface area contributed by atoms with Crippen molar-refractivity contribution in [1.82, 2.24) is 5.32 Å². The van der Waals surface area contributed by atoms with Crippen LogP contribution in [0.3, 0.4) is 0 Å². The fourth-order valence-corrected chi connectivity index (χ4v) is 3.64. The van der Waals surface area contributed by atoms with Gasteiger partial charge in [0.2, 0.25) is 0 Å². The third kappa shape index (κ3) is 4.42. The third-order valence-electron chi connectivity index (χ3n) is 4.68. The molecule has 0 unspecified atom stereocenters. The Hall–Kier alpha value is -0.300. The Morgan fingerprint density at radius 3 is 2.56 bits per heavy atom. The van der Waals surface area contributed by atoms with Gasteiger partial charge in [0, 0.05) is 6.54 Å². The number of nitrogens with one attached hydrogen (secondary N) is 1. The molecule has 0 aliphatic heterocycles. The van der Waals surface area contributed by atoms with Crippen molar-refractivity contribution in [2.75, 3.05) is 13.1 Å². The van der Waals surface area contributed by atoms with Crippen molar-refractivity contribution in [2.45, 2.75) is 66.2 Å². The van der Waals surface area contributed by atoms with Crippen molar-refractivity contribution in [3.8, 4) is 0 Å². The van der Waals surface area contributed by atoms with Crippen molar-refractivity contribution in [1.29, 1.82) is 0 Å². The highest BCUT2D eigenvalue weighted by Crippen LogP contribution is 2.52. The van der Waals surface area contributed by atoms with Crippen LogP contribution in [-0.2, 0) is 0 Å². The van der Waals surface area contributed by atoms with Crippen LogP contribution in [0, 0.1) is 17.3 Å². The minimum Gasteiger partial charge on any atom is -0.316 e. The fraction of sp³-hybridized carbons (Fsp3) is 0.882. The summed E-state index contributed by atoms with van der Waals surface area (Å²) in [6, 6.07) is 0. The lowest BCUT2D eigenvalue weighted by Crippen LogP contribution is -2.50. The van der Waals surface area contributed by atoms with Crippen molar-refractivity contribution in [3.05, 3.63) is 12.2 Å². The van der Waals surface area contributed by atoms with Gasteiger partial charge in [0.1, 0.15) is 0 Å². The first kappa shape index (κ1) is 15.8. The molecular formula is C17H33N. The maximum atomic E-state index is 3.54. The lowest BCUT2D eigenvalue weighted by atomic mass is 9.54. The van der Waals surface area contributed by atoms with E-state index in [-0.39, 0.29) is 0 Å². The maximum absolute atomic E-state index is 3.54. The topological polar surface area (TPSA) is 12.0 Å². The normalized spacial score (nSPS) is 31.8. The van der Waals surface area contributed by atoms with E-state index in [1.165, 1.54) is 45.1 Å². The van der Waals surface area contributed by atoms with Crippen LogP contribution in [0.5, 0.6) is 0 Å². The minimum atomic E-state index is 0.562. The molecule has 0 saturated heterocycles. The summed E-state index contributed by atoms with van der Waals surface area (Å²) in [6.45, 7) is 11.7. The van der Waals surface area contributed by atoms with Gasteiger partial charge in [-0.1, -0.05) is 52.7 Å². The zero-order chi connectivity index (χ0) is 13.4. The van der Waals surface area contributed by atoms with E-state index in [0.29, 0.717) is 5.41 Å². The van der Waals surface area contributed by atoms with Crippen LogP contribution in [0.4, 0.5) is 0 Å². The minimum absolute atomic E-state index is 0.562. The van der Waals surface area contributed by atoms with Crippen LogP contribution < -0.4 is 5.32 Å². The van der Waals surface area contributed by atoms with Crippen LogP contribution in [0.15, 0.2) is 12.2 Å². The summed E-state index contributed by atoms with van der Waals surface area (Å²) in [5, 5.41) is 3.54. The van der Waals surface area contributed by atoms with Crippen LogP contribution in [-0.4, -0.2) is 13.1 Å². The molecule has 0 spiro atoms. The van der Waals surface area contributed by atoms with Crippen LogP contribution in [0.25, 0.3) is 0 Å². The predicted octanol–water partition coefficient (Wildman–Crippen LogP) is 4.78. The Bertz CT molecular complexity index is 246. The van der Waals surface area contributed by atoms with E-state index in [0.717, 1.165) is 18.4 Å². The summed E-state index contributed by atoms with van der Waals surface area (Å²) >= 11 is 0. The lowest BCUT2D eigenvalue weighted by Gasteiger charge is -2.53. The van der Waals surface area contributed by atoms with Gasteiger partial charge in [-0.3, -0.25) is 0 Å². The van der Waals surface area contributed by atoms with Crippen molar-refractivity contribution in [3.63, 3.8) is 0 Å². The Kier molecular flexibility index (Phi) is 6.99. The van der Waals surface area contributed by atoms with Gasteiger partial charge in [-0.05, 0) is 49.5 Å². The molecule has 1 aliphatic rings. The molecule has 0 aromatic rings.